The number of benzene rings is 2. The summed E-state index contributed by atoms with van der Waals surface area (Å²) >= 11 is 0. The molecule has 6 nitrogen and oxygen atoms in total. The maximum Gasteiger partial charge on any atom is 0.335 e. The van der Waals surface area contributed by atoms with Gasteiger partial charge in [-0.15, -0.1) is 0 Å². The Morgan fingerprint density at radius 1 is 1.13 bits per heavy atom. The molecule has 0 radical (unpaired) electrons. The molecular weight excluding hydrogens is 387 g/mol. The number of carbonyl (C=O) groups is 2. The molecule has 3 heterocycles. The molecule has 0 saturated carbocycles. The molecule has 0 aliphatic carbocycles. The van der Waals surface area contributed by atoms with Gasteiger partial charge >= 0.3 is 11.9 Å². The Morgan fingerprint density at radius 2 is 1.83 bits per heavy atom. The summed E-state index contributed by atoms with van der Waals surface area (Å²) in [5.74, 6) is -1.59. The summed E-state index contributed by atoms with van der Waals surface area (Å²) in [6, 6.07) is 11.6. The van der Waals surface area contributed by atoms with E-state index in [4.69, 9.17) is 9.84 Å². The fourth-order valence-corrected chi connectivity index (χ4v) is 4.28. The summed E-state index contributed by atoms with van der Waals surface area (Å²) in [6.45, 7) is 3.09. The van der Waals surface area contributed by atoms with Crippen molar-refractivity contribution < 1.29 is 23.8 Å². The van der Waals surface area contributed by atoms with Crippen LogP contribution in [0, 0.1) is 11.7 Å². The Labute approximate surface area is 174 Å². The second kappa shape index (κ2) is 8.93. The molecule has 3 aliphatic heterocycles. The number of carboxylic acids is 1. The topological polar surface area (TPSA) is 78.9 Å². The van der Waals surface area contributed by atoms with Crippen LogP contribution < -0.4 is 5.32 Å². The lowest BCUT2D eigenvalue weighted by Crippen LogP contribution is -2.52. The smallest absolute Gasteiger partial charge is 0.335 e. The third kappa shape index (κ3) is 4.52. The number of fused-ring (bicyclic) bond motifs is 3. The van der Waals surface area contributed by atoms with Crippen molar-refractivity contribution in [3.8, 4) is 0 Å². The lowest BCUT2D eigenvalue weighted by molar-refractivity contribution is -0.161. The van der Waals surface area contributed by atoms with E-state index in [0.717, 1.165) is 38.0 Å². The van der Waals surface area contributed by atoms with E-state index in [1.807, 2.05) is 0 Å². The number of nitrogens with one attached hydrogen (secondary N) is 1. The van der Waals surface area contributed by atoms with Gasteiger partial charge in [-0.1, -0.05) is 30.3 Å². The van der Waals surface area contributed by atoms with E-state index in [1.165, 1.54) is 18.2 Å². The van der Waals surface area contributed by atoms with Crippen LogP contribution in [0.25, 0.3) is 0 Å². The van der Waals surface area contributed by atoms with Crippen LogP contribution in [0.3, 0.4) is 0 Å². The van der Waals surface area contributed by atoms with E-state index in [0.29, 0.717) is 5.92 Å². The molecule has 7 heteroatoms. The van der Waals surface area contributed by atoms with Crippen LogP contribution in [0.15, 0.2) is 48.5 Å². The number of ether oxygens (including phenoxy) is 1. The van der Waals surface area contributed by atoms with E-state index in [-0.39, 0.29) is 23.8 Å². The molecule has 30 heavy (non-hydrogen) atoms. The SMILES string of the molecule is O=C(O)c1ccc(CNC(C(=O)O[C@H]2CN3CCC2CC3)c2ccccc2F)cc1. The van der Waals surface area contributed by atoms with Gasteiger partial charge in [0, 0.05) is 18.7 Å². The van der Waals surface area contributed by atoms with E-state index in [2.05, 4.69) is 10.2 Å². The molecule has 0 spiro atoms. The predicted molar refractivity (Wildman–Crippen MR) is 108 cm³/mol. The Balaban J connectivity index is 1.48. The van der Waals surface area contributed by atoms with Crippen molar-refractivity contribution in [3.63, 3.8) is 0 Å². The van der Waals surface area contributed by atoms with Crippen LogP contribution in [-0.2, 0) is 16.1 Å². The van der Waals surface area contributed by atoms with Crippen molar-refractivity contribution in [2.75, 3.05) is 19.6 Å². The van der Waals surface area contributed by atoms with Gasteiger partial charge in [0.15, 0.2) is 0 Å². The van der Waals surface area contributed by atoms with E-state index in [9.17, 15) is 14.0 Å². The molecular formula is C23H25FN2O4. The van der Waals surface area contributed by atoms with Gasteiger partial charge in [0.05, 0.1) is 5.56 Å². The van der Waals surface area contributed by atoms with Crippen molar-refractivity contribution in [1.82, 2.24) is 10.2 Å². The number of carbonyl (C=O) groups excluding carboxylic acids is 1. The summed E-state index contributed by atoms with van der Waals surface area (Å²) in [7, 11) is 0. The quantitative estimate of drug-likeness (QED) is 0.681. The van der Waals surface area contributed by atoms with Crippen molar-refractivity contribution in [2.45, 2.75) is 31.5 Å². The fourth-order valence-electron chi connectivity index (χ4n) is 4.28. The third-order valence-electron chi connectivity index (χ3n) is 6.03. The van der Waals surface area contributed by atoms with Crippen LogP contribution in [0.4, 0.5) is 4.39 Å². The highest BCUT2D eigenvalue weighted by atomic mass is 19.1. The van der Waals surface area contributed by atoms with Crippen LogP contribution >= 0.6 is 0 Å². The zero-order chi connectivity index (χ0) is 21.1. The number of nitrogens with zero attached hydrogens (tertiary/aromatic N) is 1. The van der Waals surface area contributed by atoms with Gasteiger partial charge in [0.2, 0.25) is 0 Å². The summed E-state index contributed by atoms with van der Waals surface area (Å²) < 4.78 is 20.3. The minimum Gasteiger partial charge on any atom is -0.478 e. The normalized spacial score (nSPS) is 23.7. The van der Waals surface area contributed by atoms with Crippen molar-refractivity contribution >= 4 is 11.9 Å². The largest absolute Gasteiger partial charge is 0.478 e. The Bertz CT molecular complexity index is 910. The van der Waals surface area contributed by atoms with Gasteiger partial charge in [-0.3, -0.25) is 10.2 Å². The first-order chi connectivity index (χ1) is 14.5. The summed E-state index contributed by atoms with van der Waals surface area (Å²) in [5, 5.41) is 12.1. The lowest BCUT2D eigenvalue weighted by atomic mass is 9.86. The predicted octanol–water partition coefficient (Wildman–Crippen LogP) is 2.99. The molecule has 2 aromatic rings. The molecule has 3 aliphatic rings. The molecule has 158 valence electrons. The van der Waals surface area contributed by atoms with Gasteiger partial charge < -0.3 is 9.84 Å². The highest BCUT2D eigenvalue weighted by Gasteiger charge is 2.38. The number of hydrogen-bond donors (Lipinski definition) is 2. The molecule has 2 bridgehead atoms. The zero-order valence-corrected chi connectivity index (χ0v) is 16.6. The number of carboxylic acid groups (broad SMARTS) is 1. The second-order valence-electron chi connectivity index (χ2n) is 7.95. The highest BCUT2D eigenvalue weighted by Crippen LogP contribution is 2.31. The minimum absolute atomic E-state index is 0.161. The number of aromatic carboxylic acids is 1. The molecule has 3 fully saturated rings. The first-order valence-corrected chi connectivity index (χ1v) is 10.2. The van der Waals surface area contributed by atoms with Crippen LogP contribution in [0.2, 0.25) is 0 Å². The molecule has 5 rings (SSSR count). The van der Waals surface area contributed by atoms with E-state index in [1.54, 1.807) is 30.3 Å². The monoisotopic (exact) mass is 412 g/mol. The zero-order valence-electron chi connectivity index (χ0n) is 16.6. The Kier molecular flexibility index (Phi) is 6.11. The second-order valence-corrected chi connectivity index (χ2v) is 7.95. The molecule has 0 aromatic heterocycles. The van der Waals surface area contributed by atoms with Gasteiger partial charge in [0.1, 0.15) is 18.0 Å². The van der Waals surface area contributed by atoms with Gasteiger partial charge in [-0.05, 0) is 55.6 Å². The molecule has 2 N–H and O–H groups in total. The Hall–Kier alpha value is -2.77. The number of halogens is 1. The lowest BCUT2D eigenvalue weighted by Gasteiger charge is -2.44. The molecule has 3 saturated heterocycles. The van der Waals surface area contributed by atoms with Gasteiger partial charge in [0.25, 0.3) is 0 Å². The average Bonchev–Trinajstić information content (AvgIpc) is 2.76. The van der Waals surface area contributed by atoms with Crippen LogP contribution in [0.1, 0.15) is 40.4 Å². The molecule has 0 amide bonds. The summed E-state index contributed by atoms with van der Waals surface area (Å²) in [6.07, 6.45) is 1.88. The number of piperidine rings is 3. The van der Waals surface area contributed by atoms with Gasteiger partial charge in [-0.2, -0.15) is 0 Å². The first kappa shape index (κ1) is 20.5. The summed E-state index contributed by atoms with van der Waals surface area (Å²) in [5.41, 5.74) is 1.22. The molecule has 1 unspecified atom stereocenters. The maximum absolute atomic E-state index is 14.5. The average molecular weight is 412 g/mol. The first-order valence-electron chi connectivity index (χ1n) is 10.2. The van der Waals surface area contributed by atoms with Crippen molar-refractivity contribution in [1.29, 1.82) is 0 Å². The van der Waals surface area contributed by atoms with Gasteiger partial charge in [-0.25, -0.2) is 14.0 Å². The van der Waals surface area contributed by atoms with Crippen molar-refractivity contribution in [2.24, 2.45) is 5.92 Å². The molecule has 2 atom stereocenters. The summed E-state index contributed by atoms with van der Waals surface area (Å²) in [4.78, 5) is 26.4. The Morgan fingerprint density at radius 3 is 2.43 bits per heavy atom. The van der Waals surface area contributed by atoms with E-state index >= 15 is 0 Å². The third-order valence-corrected chi connectivity index (χ3v) is 6.03. The van der Waals surface area contributed by atoms with E-state index < -0.39 is 23.8 Å². The van der Waals surface area contributed by atoms with Crippen LogP contribution in [0.5, 0.6) is 0 Å². The number of hydrogen-bond acceptors (Lipinski definition) is 5. The highest BCUT2D eigenvalue weighted by molar-refractivity contribution is 5.87. The number of rotatable bonds is 7. The van der Waals surface area contributed by atoms with Crippen molar-refractivity contribution in [3.05, 3.63) is 71.0 Å². The van der Waals surface area contributed by atoms with Crippen LogP contribution in [-0.4, -0.2) is 47.7 Å². The minimum atomic E-state index is -1.00. The maximum atomic E-state index is 14.5. The number of esters is 1. The standard InChI is InChI=1S/C23H25FN2O4/c24-19-4-2-1-3-18(19)21(25-13-15-5-7-17(8-6-15)22(27)28)23(29)30-20-14-26-11-9-16(20)10-12-26/h1-8,16,20-21,25H,9-14H2,(H,27,28)/t20-,21?/m0/s1. The molecule has 2 aromatic carbocycles. The fraction of sp³-hybridized carbons (Fsp3) is 0.391.